The fraction of sp³-hybridized carbons (Fsp3) is 0.143. The summed E-state index contributed by atoms with van der Waals surface area (Å²) in [6.07, 6.45) is 3.05. The van der Waals surface area contributed by atoms with Gasteiger partial charge in [-0.3, -0.25) is 0 Å². The predicted molar refractivity (Wildman–Crippen MR) is 91.2 cm³/mol. The summed E-state index contributed by atoms with van der Waals surface area (Å²) < 4.78 is 0. The van der Waals surface area contributed by atoms with Crippen molar-refractivity contribution >= 4 is 0 Å². The van der Waals surface area contributed by atoms with Crippen molar-refractivity contribution < 1.29 is 38.6 Å². The molecule has 0 aromatic heterocycles. The summed E-state index contributed by atoms with van der Waals surface area (Å²) in [5.41, 5.74) is 5.51. The molecular weight excluding hydrogens is 379 g/mol. The second-order valence-corrected chi connectivity index (χ2v) is 4.94. The Kier molecular flexibility index (Phi) is 11.8. The third-order valence-electron chi connectivity index (χ3n) is 3.17. The van der Waals surface area contributed by atoms with E-state index < -0.39 is 0 Å². The van der Waals surface area contributed by atoms with E-state index in [4.69, 9.17) is 0 Å². The van der Waals surface area contributed by atoms with Gasteiger partial charge in [-0.1, -0.05) is 35.4 Å². The fourth-order valence-corrected chi connectivity index (χ4v) is 2.32. The number of hydrogen-bond acceptors (Lipinski definition) is 0. The molecule has 116 valence electrons. The molecule has 0 bridgehead atoms. The van der Waals surface area contributed by atoms with E-state index in [9.17, 15) is 0 Å². The number of halogens is 1. The van der Waals surface area contributed by atoms with Crippen LogP contribution in [-0.2, 0) is 32.6 Å². The first-order valence-corrected chi connectivity index (χ1v) is 7.35. The monoisotopic (exact) mass is 398 g/mol. The first-order valence-electron chi connectivity index (χ1n) is 7.35. The molecule has 3 aromatic carbocycles. The van der Waals surface area contributed by atoms with Crippen molar-refractivity contribution in [2.45, 2.75) is 20.3 Å². The van der Waals surface area contributed by atoms with Gasteiger partial charge in [0.1, 0.15) is 0 Å². The third kappa shape index (κ3) is 6.54. The minimum Gasteiger partial charge on any atom is -1.00 e. The van der Waals surface area contributed by atoms with Gasteiger partial charge in [0.15, 0.2) is 0 Å². The Hall–Kier alpha value is -1.04. The Morgan fingerprint density at radius 3 is 2.13 bits per heavy atom. The van der Waals surface area contributed by atoms with E-state index in [-0.39, 0.29) is 38.6 Å². The molecule has 0 unspecified atom stereocenters. The van der Waals surface area contributed by atoms with Gasteiger partial charge >= 0.3 is 26.2 Å². The van der Waals surface area contributed by atoms with Crippen LogP contribution in [0.15, 0.2) is 72.8 Å². The van der Waals surface area contributed by atoms with E-state index in [0.29, 0.717) is 0 Å². The Morgan fingerprint density at radius 1 is 0.913 bits per heavy atom. The van der Waals surface area contributed by atoms with Crippen LogP contribution in [0.2, 0.25) is 0 Å². The van der Waals surface area contributed by atoms with Gasteiger partial charge in [0.2, 0.25) is 0 Å². The largest absolute Gasteiger partial charge is 4.00 e. The van der Waals surface area contributed by atoms with Crippen molar-refractivity contribution in [3.8, 4) is 11.1 Å². The van der Waals surface area contributed by atoms with E-state index in [0.717, 1.165) is 6.42 Å². The third-order valence-corrected chi connectivity index (χ3v) is 3.17. The molecule has 0 nitrogen and oxygen atoms in total. The molecule has 0 aliphatic heterocycles. The molecule has 4 rings (SSSR count). The molecule has 0 fully saturated rings. The molecule has 0 amide bonds. The van der Waals surface area contributed by atoms with Gasteiger partial charge in [0, 0.05) is 0 Å². The molecule has 0 radical (unpaired) electrons. The summed E-state index contributed by atoms with van der Waals surface area (Å²) in [7, 11) is 0. The molecule has 0 N–H and O–H groups in total. The van der Waals surface area contributed by atoms with Gasteiger partial charge in [-0.05, 0) is 6.42 Å². The van der Waals surface area contributed by atoms with Crippen molar-refractivity contribution in [2.24, 2.45) is 0 Å². The van der Waals surface area contributed by atoms with Crippen LogP contribution >= 0.6 is 0 Å². The number of rotatable bonds is 0. The van der Waals surface area contributed by atoms with Crippen LogP contribution in [0.1, 0.15) is 25.0 Å². The topological polar surface area (TPSA) is 0 Å². The average molecular weight is 400 g/mol. The fourth-order valence-electron chi connectivity index (χ4n) is 2.32. The summed E-state index contributed by atoms with van der Waals surface area (Å²) in [6.45, 7) is 4.00. The Bertz CT molecular complexity index is 584. The summed E-state index contributed by atoms with van der Waals surface area (Å²) in [5.74, 6) is 0. The van der Waals surface area contributed by atoms with Crippen LogP contribution in [0.5, 0.6) is 0 Å². The van der Waals surface area contributed by atoms with Crippen molar-refractivity contribution in [2.75, 3.05) is 0 Å². The zero-order valence-electron chi connectivity index (χ0n) is 13.6. The maximum atomic E-state index is 3.30. The SMILES string of the molecule is C[CH-]C.[Cl-].[Zr+4].[c-]1cccc2c1Cc1ccccc1-2.c1cc[cH-]c1. The van der Waals surface area contributed by atoms with Crippen LogP contribution in [0.3, 0.4) is 0 Å². The van der Waals surface area contributed by atoms with Crippen LogP contribution in [0.4, 0.5) is 0 Å². The van der Waals surface area contributed by atoms with Crippen LogP contribution in [0.25, 0.3) is 11.1 Å². The molecule has 3 aromatic rings. The second-order valence-electron chi connectivity index (χ2n) is 4.94. The van der Waals surface area contributed by atoms with Gasteiger partial charge in [-0.25, -0.2) is 12.1 Å². The molecule has 0 atom stereocenters. The standard InChI is InChI=1S/C13H9.C5H5.C3H7.ClH.Zr/c1-3-7-12-10(5-1)9-11-6-2-4-8-13(11)12;1-2-4-5-3-1;1-3-2;;/h1-5,7-8H,9H2;1-5H;3H,1-2H3;1H;/q3*-1;;+4/p-1. The molecule has 1 aliphatic carbocycles. The molecule has 0 saturated heterocycles. The summed E-state index contributed by atoms with van der Waals surface area (Å²) >= 11 is 0. The van der Waals surface area contributed by atoms with Gasteiger partial charge in [-0.2, -0.15) is 61.9 Å². The van der Waals surface area contributed by atoms with Crippen LogP contribution in [-0.4, -0.2) is 0 Å². The molecule has 23 heavy (non-hydrogen) atoms. The van der Waals surface area contributed by atoms with Gasteiger partial charge < -0.3 is 18.8 Å². The van der Waals surface area contributed by atoms with E-state index >= 15 is 0 Å². The predicted octanol–water partition coefficient (Wildman–Crippen LogP) is 2.70. The molecular formula is C21H21ClZr. The average Bonchev–Trinajstić information content (AvgIpc) is 3.19. The first kappa shape index (κ1) is 22.0. The van der Waals surface area contributed by atoms with Crippen LogP contribution < -0.4 is 12.4 Å². The van der Waals surface area contributed by atoms with Crippen molar-refractivity contribution in [3.63, 3.8) is 0 Å². The minimum absolute atomic E-state index is 0. The van der Waals surface area contributed by atoms with Crippen molar-refractivity contribution in [1.29, 1.82) is 0 Å². The van der Waals surface area contributed by atoms with Gasteiger partial charge in [-0.15, -0.1) is 5.56 Å². The van der Waals surface area contributed by atoms with Gasteiger partial charge in [0.05, 0.1) is 0 Å². The maximum absolute atomic E-state index is 3.30. The minimum atomic E-state index is 0. The molecule has 2 heteroatoms. The quantitative estimate of drug-likeness (QED) is 0.399. The number of fused-ring (bicyclic) bond motifs is 3. The van der Waals surface area contributed by atoms with E-state index in [1.165, 1.54) is 22.3 Å². The smallest absolute Gasteiger partial charge is 1.00 e. The van der Waals surface area contributed by atoms with Crippen molar-refractivity contribution in [1.82, 2.24) is 0 Å². The number of hydrogen-bond donors (Lipinski definition) is 0. The second kappa shape index (κ2) is 12.4. The van der Waals surface area contributed by atoms with Crippen LogP contribution in [0, 0.1) is 12.5 Å². The van der Waals surface area contributed by atoms with Crippen molar-refractivity contribution in [3.05, 3.63) is 96.4 Å². The zero-order valence-corrected chi connectivity index (χ0v) is 16.8. The van der Waals surface area contributed by atoms with E-state index in [1.54, 1.807) is 0 Å². The van der Waals surface area contributed by atoms with E-state index in [1.807, 2.05) is 56.7 Å². The van der Waals surface area contributed by atoms with E-state index in [2.05, 4.69) is 42.5 Å². The van der Waals surface area contributed by atoms with Gasteiger partial charge in [0.25, 0.3) is 0 Å². The Labute approximate surface area is 165 Å². The summed E-state index contributed by atoms with van der Waals surface area (Å²) in [6, 6.07) is 28.1. The first-order chi connectivity index (χ1) is 10.4. The summed E-state index contributed by atoms with van der Waals surface area (Å²) in [5, 5.41) is 0. The summed E-state index contributed by atoms with van der Waals surface area (Å²) in [4.78, 5) is 0. The Morgan fingerprint density at radius 2 is 1.52 bits per heavy atom. The normalized spacial score (nSPS) is 9.48. The molecule has 0 spiro atoms. The molecule has 0 heterocycles. The zero-order chi connectivity index (χ0) is 14.9. The number of benzene rings is 2. The maximum Gasteiger partial charge on any atom is 4.00 e. The molecule has 0 saturated carbocycles. The molecule has 1 aliphatic rings. The Balaban J connectivity index is 0.000000413.